The first kappa shape index (κ1) is 21.9. The molecule has 0 aromatic heterocycles. The summed E-state index contributed by atoms with van der Waals surface area (Å²) in [6.07, 6.45) is 0.472. The molecular weight excluding hydrogens is 376 g/mol. The monoisotopic (exact) mass is 408 g/mol. The van der Waals surface area contributed by atoms with Gasteiger partial charge in [0.05, 0.1) is 6.42 Å². The zero-order chi connectivity index (χ0) is 21.7. The van der Waals surface area contributed by atoms with Crippen molar-refractivity contribution in [3.8, 4) is 5.75 Å². The van der Waals surface area contributed by atoms with E-state index in [9.17, 15) is 9.59 Å². The molecule has 2 amide bonds. The van der Waals surface area contributed by atoms with E-state index in [1.165, 1.54) is 0 Å². The van der Waals surface area contributed by atoms with Gasteiger partial charge in [-0.25, -0.2) is 0 Å². The van der Waals surface area contributed by atoms with Crippen molar-refractivity contribution < 1.29 is 14.3 Å². The highest BCUT2D eigenvalue weighted by atomic mass is 16.5. The molecule has 0 saturated heterocycles. The van der Waals surface area contributed by atoms with E-state index >= 15 is 0 Å². The van der Waals surface area contributed by atoms with Gasteiger partial charge in [-0.05, 0) is 49.4 Å². The summed E-state index contributed by atoms with van der Waals surface area (Å²) in [7, 11) is 0. The molecule has 0 radical (unpaired) electrons. The van der Waals surface area contributed by atoms with Crippen molar-refractivity contribution >= 4 is 11.8 Å². The second-order valence-corrected chi connectivity index (χ2v) is 8.49. The van der Waals surface area contributed by atoms with Crippen LogP contribution in [0, 0.1) is 5.92 Å². The van der Waals surface area contributed by atoms with Crippen LogP contribution in [0.3, 0.4) is 0 Å². The quantitative estimate of drug-likeness (QED) is 0.831. The molecule has 0 saturated carbocycles. The fraction of sp³-hybridized carbons (Fsp3) is 0.440. The molecule has 2 aromatic carbocycles. The summed E-state index contributed by atoms with van der Waals surface area (Å²) in [6, 6.07) is 17.1. The van der Waals surface area contributed by atoms with Crippen LogP contribution in [-0.2, 0) is 16.0 Å². The molecule has 4 rings (SSSR count). The van der Waals surface area contributed by atoms with Gasteiger partial charge in [-0.1, -0.05) is 56.3 Å². The molecule has 2 aliphatic rings. The molecule has 30 heavy (non-hydrogen) atoms. The first-order valence-corrected chi connectivity index (χ1v) is 10.8. The van der Waals surface area contributed by atoms with E-state index in [2.05, 4.69) is 5.32 Å². The molecule has 2 bridgehead atoms. The maximum Gasteiger partial charge on any atom is 0.243 e. The minimum Gasteiger partial charge on any atom is -0.485 e. The number of benzene rings is 2. The molecule has 2 aromatic rings. The Bertz CT molecular complexity index is 846. The standard InChI is InChI=1S/C25H32N2O3/c1-17(2)24-25(29)26-15-14-19-10-12-21(13-11-19)30-22(20-8-6-5-7-9-20)16-23(28)27(24)18(3)4/h5-13,17-18,22,24H,14-16H2,1-4H3,(H,26,29). The molecule has 5 nitrogen and oxygen atoms in total. The van der Waals surface area contributed by atoms with Crippen LogP contribution in [-0.4, -0.2) is 35.3 Å². The Morgan fingerprint density at radius 2 is 1.63 bits per heavy atom. The third kappa shape index (κ3) is 5.21. The first-order chi connectivity index (χ1) is 14.4. The van der Waals surface area contributed by atoms with Crippen molar-refractivity contribution in [2.24, 2.45) is 5.92 Å². The number of fused-ring (bicyclic) bond motifs is 11. The zero-order valence-corrected chi connectivity index (χ0v) is 18.3. The van der Waals surface area contributed by atoms with Crippen LogP contribution in [0.25, 0.3) is 0 Å². The second kappa shape index (κ2) is 9.79. The third-order valence-electron chi connectivity index (χ3n) is 5.49. The Hall–Kier alpha value is -2.82. The number of amides is 2. The molecule has 2 heterocycles. The van der Waals surface area contributed by atoms with E-state index in [0.717, 1.165) is 23.3 Å². The van der Waals surface area contributed by atoms with Gasteiger partial charge < -0.3 is 15.0 Å². The SMILES string of the molecule is CC(C)C1C(=O)NCCc2ccc(cc2)OC(c2ccccc2)CC(=O)N1C(C)C. The van der Waals surface area contributed by atoms with Crippen molar-refractivity contribution in [2.45, 2.75) is 58.7 Å². The summed E-state index contributed by atoms with van der Waals surface area (Å²) in [4.78, 5) is 28.3. The number of hydrogen-bond donors (Lipinski definition) is 1. The van der Waals surface area contributed by atoms with Crippen molar-refractivity contribution in [1.82, 2.24) is 10.2 Å². The van der Waals surface area contributed by atoms with Crippen LogP contribution in [0.5, 0.6) is 5.75 Å². The van der Waals surface area contributed by atoms with E-state index in [1.54, 1.807) is 4.90 Å². The molecule has 0 aliphatic carbocycles. The molecule has 0 spiro atoms. The van der Waals surface area contributed by atoms with E-state index in [4.69, 9.17) is 4.74 Å². The van der Waals surface area contributed by atoms with Crippen LogP contribution in [0.1, 0.15) is 51.3 Å². The van der Waals surface area contributed by atoms with Crippen molar-refractivity contribution in [3.63, 3.8) is 0 Å². The largest absolute Gasteiger partial charge is 0.485 e. The summed E-state index contributed by atoms with van der Waals surface area (Å²) in [6.45, 7) is 8.42. The van der Waals surface area contributed by atoms with E-state index in [1.807, 2.05) is 82.3 Å². The van der Waals surface area contributed by atoms with E-state index < -0.39 is 12.1 Å². The average molecular weight is 409 g/mol. The van der Waals surface area contributed by atoms with E-state index in [0.29, 0.717) is 6.54 Å². The predicted molar refractivity (Wildman–Crippen MR) is 118 cm³/mol. The second-order valence-electron chi connectivity index (χ2n) is 8.49. The van der Waals surface area contributed by atoms with Crippen LogP contribution < -0.4 is 10.1 Å². The lowest BCUT2D eigenvalue weighted by Gasteiger charge is -2.37. The summed E-state index contributed by atoms with van der Waals surface area (Å²) >= 11 is 0. The lowest BCUT2D eigenvalue weighted by molar-refractivity contribution is -0.145. The van der Waals surface area contributed by atoms with Crippen LogP contribution in [0.15, 0.2) is 54.6 Å². The Balaban J connectivity index is 2.01. The summed E-state index contributed by atoms with van der Waals surface area (Å²) < 4.78 is 6.27. The minimum absolute atomic E-state index is 0.00128. The number of carbonyl (C=O) groups is 2. The molecular formula is C25H32N2O3. The molecule has 5 heteroatoms. The summed E-state index contributed by atoms with van der Waals surface area (Å²) in [5, 5.41) is 3.04. The molecule has 160 valence electrons. The van der Waals surface area contributed by atoms with Crippen LogP contribution in [0.2, 0.25) is 0 Å². The molecule has 2 unspecified atom stereocenters. The Morgan fingerprint density at radius 3 is 2.23 bits per heavy atom. The maximum atomic E-state index is 13.5. The number of nitrogens with zero attached hydrogens (tertiary/aromatic N) is 1. The molecule has 0 fully saturated rings. The summed E-state index contributed by atoms with van der Waals surface area (Å²) in [5.74, 6) is 0.552. The molecule has 2 aliphatic heterocycles. The fourth-order valence-electron chi connectivity index (χ4n) is 4.01. The molecule has 2 atom stereocenters. The summed E-state index contributed by atoms with van der Waals surface area (Å²) in [5.41, 5.74) is 2.07. The van der Waals surface area contributed by atoms with Gasteiger partial charge >= 0.3 is 0 Å². The van der Waals surface area contributed by atoms with Gasteiger partial charge in [0, 0.05) is 12.6 Å². The Morgan fingerprint density at radius 1 is 0.967 bits per heavy atom. The maximum absolute atomic E-state index is 13.5. The lowest BCUT2D eigenvalue weighted by atomic mass is 9.97. The van der Waals surface area contributed by atoms with Gasteiger partial charge in [-0.2, -0.15) is 0 Å². The van der Waals surface area contributed by atoms with Crippen molar-refractivity contribution in [2.75, 3.05) is 6.54 Å². The number of nitrogens with one attached hydrogen (secondary N) is 1. The van der Waals surface area contributed by atoms with Gasteiger partial charge in [0.25, 0.3) is 0 Å². The Labute approximate surface area is 179 Å². The average Bonchev–Trinajstić information content (AvgIpc) is 2.72. The Kier molecular flexibility index (Phi) is 7.14. The van der Waals surface area contributed by atoms with Crippen LogP contribution >= 0.6 is 0 Å². The highest BCUT2D eigenvalue weighted by Gasteiger charge is 2.35. The number of rotatable bonds is 3. The topological polar surface area (TPSA) is 58.6 Å². The van der Waals surface area contributed by atoms with Gasteiger partial charge in [0.2, 0.25) is 11.8 Å². The lowest BCUT2D eigenvalue weighted by Crippen LogP contribution is -2.55. The van der Waals surface area contributed by atoms with Crippen LogP contribution in [0.4, 0.5) is 0 Å². The van der Waals surface area contributed by atoms with E-state index in [-0.39, 0.29) is 30.2 Å². The minimum atomic E-state index is -0.516. The fourth-order valence-corrected chi connectivity index (χ4v) is 4.01. The number of ether oxygens (including phenoxy) is 1. The van der Waals surface area contributed by atoms with Gasteiger partial charge in [-0.15, -0.1) is 0 Å². The highest BCUT2D eigenvalue weighted by Crippen LogP contribution is 2.28. The smallest absolute Gasteiger partial charge is 0.243 e. The van der Waals surface area contributed by atoms with Gasteiger partial charge in [0.15, 0.2) is 0 Å². The zero-order valence-electron chi connectivity index (χ0n) is 18.3. The van der Waals surface area contributed by atoms with Gasteiger partial charge in [-0.3, -0.25) is 9.59 Å². The normalized spacial score (nSPS) is 20.8. The third-order valence-corrected chi connectivity index (χ3v) is 5.49. The highest BCUT2D eigenvalue weighted by molar-refractivity contribution is 5.88. The molecule has 1 N–H and O–H groups in total. The van der Waals surface area contributed by atoms with Crippen molar-refractivity contribution in [3.05, 3.63) is 65.7 Å². The predicted octanol–water partition coefficient (Wildman–Crippen LogP) is 4.13. The number of hydrogen-bond acceptors (Lipinski definition) is 3. The van der Waals surface area contributed by atoms with Gasteiger partial charge in [0.1, 0.15) is 17.9 Å². The first-order valence-electron chi connectivity index (χ1n) is 10.8. The van der Waals surface area contributed by atoms with Crippen molar-refractivity contribution in [1.29, 1.82) is 0 Å². The number of carbonyl (C=O) groups excluding carboxylic acids is 2.